The second-order valence-corrected chi connectivity index (χ2v) is 5.01. The van der Waals surface area contributed by atoms with Crippen molar-refractivity contribution >= 4 is 17.5 Å². The first-order chi connectivity index (χ1) is 11.7. The monoisotopic (exact) mass is 327 g/mol. The predicted octanol–water partition coefficient (Wildman–Crippen LogP) is 2.83. The minimum atomic E-state index is -0.422. The van der Waals surface area contributed by atoms with E-state index in [1.165, 1.54) is 0 Å². The molecule has 0 saturated carbocycles. The second-order valence-electron chi connectivity index (χ2n) is 5.01. The lowest BCUT2D eigenvalue weighted by Crippen LogP contribution is -2.19. The summed E-state index contributed by atoms with van der Waals surface area (Å²) < 4.78 is 11.9. The van der Waals surface area contributed by atoms with Gasteiger partial charge in [0.05, 0.1) is 25.0 Å². The fourth-order valence-corrected chi connectivity index (χ4v) is 2.09. The molecule has 2 heterocycles. The maximum Gasteiger partial charge on any atom is 0.325 e. The molecule has 0 spiro atoms. The zero-order chi connectivity index (χ0) is 16.8. The van der Waals surface area contributed by atoms with Crippen molar-refractivity contribution in [2.24, 2.45) is 0 Å². The molecule has 0 aliphatic heterocycles. The minimum absolute atomic E-state index is 0.332. The Labute approximate surface area is 138 Å². The van der Waals surface area contributed by atoms with Gasteiger partial charge in [0.1, 0.15) is 0 Å². The van der Waals surface area contributed by atoms with Gasteiger partial charge in [-0.05, 0) is 0 Å². The van der Waals surface area contributed by atoms with Gasteiger partial charge in [0, 0.05) is 24.9 Å². The summed E-state index contributed by atoms with van der Waals surface area (Å²) in [5.74, 6) is 0.913. The number of aromatic nitrogens is 3. The molecule has 124 valence electrons. The summed E-state index contributed by atoms with van der Waals surface area (Å²) in [6.07, 6.45) is 3.28. The van der Waals surface area contributed by atoms with Crippen LogP contribution in [-0.4, -0.2) is 34.7 Å². The fourth-order valence-electron chi connectivity index (χ4n) is 2.09. The molecule has 0 bridgehead atoms. The number of benzene rings is 1. The zero-order valence-electron chi connectivity index (χ0n) is 13.1. The van der Waals surface area contributed by atoms with E-state index >= 15 is 0 Å². The Morgan fingerprint density at radius 3 is 2.92 bits per heavy atom. The summed E-state index contributed by atoms with van der Waals surface area (Å²) in [4.78, 5) is 12.0. The van der Waals surface area contributed by atoms with Crippen molar-refractivity contribution in [2.45, 2.75) is 6.54 Å². The Balaban J connectivity index is 1.57. The van der Waals surface area contributed by atoms with Gasteiger partial charge in [-0.25, -0.2) is 4.79 Å². The Kier molecular flexibility index (Phi) is 4.87. The van der Waals surface area contributed by atoms with E-state index in [9.17, 15) is 4.79 Å². The molecule has 24 heavy (non-hydrogen) atoms. The standard InChI is InChI=1S/C16H17N5O3/c1-23-8-7-21-11-13(10-17-21)18-16(22)19-15-9-14(24-20-15)12-5-3-2-4-6-12/h2-6,9-11H,7-8H2,1H3,(H2,18,19,20,22). The lowest BCUT2D eigenvalue weighted by Gasteiger charge is -2.02. The van der Waals surface area contributed by atoms with E-state index in [1.54, 1.807) is 30.3 Å². The lowest BCUT2D eigenvalue weighted by molar-refractivity contribution is 0.183. The first kappa shape index (κ1) is 15.8. The third-order valence-electron chi connectivity index (χ3n) is 3.23. The molecular weight excluding hydrogens is 310 g/mol. The normalized spacial score (nSPS) is 10.5. The van der Waals surface area contributed by atoms with Crippen LogP contribution < -0.4 is 10.6 Å². The summed E-state index contributed by atoms with van der Waals surface area (Å²) in [6.45, 7) is 1.16. The van der Waals surface area contributed by atoms with E-state index in [4.69, 9.17) is 9.26 Å². The molecular formula is C16H17N5O3. The van der Waals surface area contributed by atoms with Gasteiger partial charge in [-0.3, -0.25) is 10.00 Å². The van der Waals surface area contributed by atoms with Crippen LogP contribution in [0.5, 0.6) is 0 Å². The van der Waals surface area contributed by atoms with E-state index in [-0.39, 0.29) is 0 Å². The number of nitrogens with one attached hydrogen (secondary N) is 2. The van der Waals surface area contributed by atoms with Crippen LogP contribution in [0.15, 0.2) is 53.3 Å². The Hall–Kier alpha value is -3.13. The van der Waals surface area contributed by atoms with Crippen molar-refractivity contribution in [3.63, 3.8) is 0 Å². The molecule has 3 rings (SSSR count). The molecule has 0 radical (unpaired) electrons. The molecule has 2 amide bonds. The molecule has 0 atom stereocenters. The van der Waals surface area contributed by atoms with Gasteiger partial charge in [-0.15, -0.1) is 0 Å². The third-order valence-corrected chi connectivity index (χ3v) is 3.23. The molecule has 8 nitrogen and oxygen atoms in total. The average Bonchev–Trinajstić information content (AvgIpc) is 3.23. The Bertz CT molecular complexity index is 797. The van der Waals surface area contributed by atoms with Gasteiger partial charge in [-0.2, -0.15) is 5.10 Å². The fraction of sp³-hybridized carbons (Fsp3) is 0.188. The highest BCUT2D eigenvalue weighted by Crippen LogP contribution is 2.21. The average molecular weight is 327 g/mol. The quantitative estimate of drug-likeness (QED) is 0.726. The van der Waals surface area contributed by atoms with E-state index in [1.807, 2.05) is 30.3 Å². The van der Waals surface area contributed by atoms with Gasteiger partial charge in [0.2, 0.25) is 0 Å². The number of hydrogen-bond acceptors (Lipinski definition) is 5. The highest BCUT2D eigenvalue weighted by molar-refractivity contribution is 5.99. The number of carbonyl (C=O) groups is 1. The topological polar surface area (TPSA) is 94.2 Å². The minimum Gasteiger partial charge on any atom is -0.383 e. The largest absolute Gasteiger partial charge is 0.383 e. The van der Waals surface area contributed by atoms with Crippen LogP contribution in [0.4, 0.5) is 16.3 Å². The summed E-state index contributed by atoms with van der Waals surface area (Å²) in [5.41, 5.74) is 1.47. The number of urea groups is 1. The van der Waals surface area contributed by atoms with Crippen LogP contribution in [0.2, 0.25) is 0 Å². The summed E-state index contributed by atoms with van der Waals surface area (Å²) in [6, 6.07) is 10.8. The van der Waals surface area contributed by atoms with Gasteiger partial charge < -0.3 is 14.6 Å². The third kappa shape index (κ3) is 3.99. The number of amides is 2. The molecule has 0 aliphatic rings. The summed E-state index contributed by atoms with van der Waals surface area (Å²) >= 11 is 0. The lowest BCUT2D eigenvalue weighted by atomic mass is 10.2. The molecule has 0 saturated heterocycles. The molecule has 2 N–H and O–H groups in total. The van der Waals surface area contributed by atoms with Crippen molar-refractivity contribution in [3.05, 3.63) is 48.8 Å². The molecule has 2 aromatic heterocycles. The number of hydrogen-bond donors (Lipinski definition) is 2. The molecule has 0 aliphatic carbocycles. The molecule has 3 aromatic rings. The molecule has 0 fully saturated rings. The summed E-state index contributed by atoms with van der Waals surface area (Å²) in [5, 5.41) is 13.2. The first-order valence-corrected chi connectivity index (χ1v) is 7.36. The number of nitrogens with zero attached hydrogens (tertiary/aromatic N) is 3. The molecule has 1 aromatic carbocycles. The maximum atomic E-state index is 12.0. The first-order valence-electron chi connectivity index (χ1n) is 7.36. The highest BCUT2D eigenvalue weighted by Gasteiger charge is 2.10. The van der Waals surface area contributed by atoms with Crippen molar-refractivity contribution in [1.29, 1.82) is 0 Å². The van der Waals surface area contributed by atoms with Crippen LogP contribution in [0, 0.1) is 0 Å². The van der Waals surface area contributed by atoms with Gasteiger partial charge in [0.15, 0.2) is 11.6 Å². The van der Waals surface area contributed by atoms with Crippen molar-refractivity contribution in [1.82, 2.24) is 14.9 Å². The number of ether oxygens (including phenoxy) is 1. The number of methoxy groups -OCH3 is 1. The van der Waals surface area contributed by atoms with Crippen molar-refractivity contribution < 1.29 is 14.1 Å². The predicted molar refractivity (Wildman–Crippen MR) is 88.7 cm³/mol. The Morgan fingerprint density at radius 2 is 2.12 bits per heavy atom. The highest BCUT2D eigenvalue weighted by atomic mass is 16.5. The number of rotatable bonds is 6. The van der Waals surface area contributed by atoms with E-state index in [0.29, 0.717) is 30.4 Å². The van der Waals surface area contributed by atoms with E-state index in [2.05, 4.69) is 20.9 Å². The van der Waals surface area contributed by atoms with Gasteiger partial charge in [0.25, 0.3) is 0 Å². The van der Waals surface area contributed by atoms with Crippen LogP contribution in [0.3, 0.4) is 0 Å². The SMILES string of the molecule is COCCn1cc(NC(=O)Nc2cc(-c3ccccc3)on2)cn1. The second kappa shape index (κ2) is 7.42. The Morgan fingerprint density at radius 1 is 1.29 bits per heavy atom. The van der Waals surface area contributed by atoms with Crippen LogP contribution in [0.1, 0.15) is 0 Å². The summed E-state index contributed by atoms with van der Waals surface area (Å²) in [7, 11) is 1.62. The zero-order valence-corrected chi connectivity index (χ0v) is 13.1. The van der Waals surface area contributed by atoms with Crippen molar-refractivity contribution in [2.75, 3.05) is 24.4 Å². The van der Waals surface area contributed by atoms with Gasteiger partial charge >= 0.3 is 6.03 Å². The van der Waals surface area contributed by atoms with Crippen LogP contribution in [0.25, 0.3) is 11.3 Å². The van der Waals surface area contributed by atoms with Gasteiger partial charge in [-0.1, -0.05) is 35.5 Å². The molecule has 0 unspecified atom stereocenters. The molecule has 8 heteroatoms. The van der Waals surface area contributed by atoms with Crippen LogP contribution in [-0.2, 0) is 11.3 Å². The number of anilines is 2. The smallest absolute Gasteiger partial charge is 0.325 e. The van der Waals surface area contributed by atoms with Crippen LogP contribution >= 0.6 is 0 Å². The maximum absolute atomic E-state index is 12.0. The van der Waals surface area contributed by atoms with Crippen molar-refractivity contribution in [3.8, 4) is 11.3 Å². The number of carbonyl (C=O) groups excluding carboxylic acids is 1. The van der Waals surface area contributed by atoms with E-state index in [0.717, 1.165) is 5.56 Å². The van der Waals surface area contributed by atoms with E-state index < -0.39 is 6.03 Å².